The lowest BCUT2D eigenvalue weighted by molar-refractivity contribution is -0.114. The van der Waals surface area contributed by atoms with E-state index in [0.29, 0.717) is 45.7 Å². The summed E-state index contributed by atoms with van der Waals surface area (Å²) in [4.78, 5) is 31.6. The molecule has 2 heterocycles. The van der Waals surface area contributed by atoms with E-state index in [1.54, 1.807) is 55.5 Å². The summed E-state index contributed by atoms with van der Waals surface area (Å²) in [6, 6.07) is 13.0. The summed E-state index contributed by atoms with van der Waals surface area (Å²) in [5.41, 5.74) is 7.43. The van der Waals surface area contributed by atoms with Crippen LogP contribution in [0.5, 0.6) is 11.5 Å². The van der Waals surface area contributed by atoms with Crippen molar-refractivity contribution in [1.82, 2.24) is 15.1 Å². The number of aromatic nitrogens is 3. The van der Waals surface area contributed by atoms with E-state index in [0.717, 1.165) is 0 Å². The number of carbonyl (C=O) groups is 2. The fourth-order valence-electron chi connectivity index (χ4n) is 2.91. The summed E-state index contributed by atoms with van der Waals surface area (Å²) in [6.07, 6.45) is 0. The average molecular weight is 406 g/mol. The lowest BCUT2D eigenvalue weighted by Gasteiger charge is -2.17. The van der Waals surface area contributed by atoms with Crippen LogP contribution in [-0.2, 0) is 4.79 Å². The Labute approximate surface area is 170 Å². The van der Waals surface area contributed by atoms with Crippen molar-refractivity contribution in [3.63, 3.8) is 0 Å². The number of carbonyl (C=O) groups excluding carboxylic acids is 2. The minimum absolute atomic E-state index is 0.212. The number of hydrogen-bond donors (Lipinski definition) is 3. The third-order valence-electron chi connectivity index (χ3n) is 4.14. The Balaban J connectivity index is 1.54. The van der Waals surface area contributed by atoms with Gasteiger partial charge in [-0.2, -0.15) is 0 Å². The molecule has 0 atom stereocenters. The Morgan fingerprint density at radius 2 is 1.87 bits per heavy atom. The van der Waals surface area contributed by atoms with Crippen LogP contribution in [0.2, 0.25) is 0 Å². The van der Waals surface area contributed by atoms with Crippen molar-refractivity contribution in [2.75, 3.05) is 10.2 Å². The number of urea groups is 1. The summed E-state index contributed by atoms with van der Waals surface area (Å²) >= 11 is 0. The molecule has 30 heavy (non-hydrogen) atoms. The monoisotopic (exact) mass is 406 g/mol. The van der Waals surface area contributed by atoms with Gasteiger partial charge in [0, 0.05) is 19.1 Å². The molecule has 0 spiro atoms. The zero-order chi connectivity index (χ0) is 21.3. The Morgan fingerprint density at radius 1 is 1.13 bits per heavy atom. The van der Waals surface area contributed by atoms with E-state index < -0.39 is 6.03 Å². The number of rotatable bonds is 5. The van der Waals surface area contributed by atoms with Crippen molar-refractivity contribution in [2.45, 2.75) is 13.8 Å². The van der Waals surface area contributed by atoms with Crippen molar-refractivity contribution < 1.29 is 18.8 Å². The SMILES string of the molecule is CC(=O)Nc1nc2ccc(Oc3ccc(N(C(N)=O)c4cc(C)on4)cc3)cc2[nH]1. The van der Waals surface area contributed by atoms with Gasteiger partial charge >= 0.3 is 6.03 Å². The highest BCUT2D eigenvalue weighted by Gasteiger charge is 2.19. The van der Waals surface area contributed by atoms with Gasteiger partial charge in [0.25, 0.3) is 0 Å². The molecule has 0 bridgehead atoms. The van der Waals surface area contributed by atoms with Gasteiger partial charge in [-0.1, -0.05) is 5.16 Å². The fraction of sp³-hybridized carbons (Fsp3) is 0.100. The van der Waals surface area contributed by atoms with Gasteiger partial charge in [-0.15, -0.1) is 0 Å². The number of anilines is 3. The van der Waals surface area contributed by atoms with Crippen LogP contribution in [0, 0.1) is 6.92 Å². The zero-order valence-electron chi connectivity index (χ0n) is 16.2. The smallest absolute Gasteiger partial charge is 0.325 e. The molecule has 0 aliphatic heterocycles. The van der Waals surface area contributed by atoms with Crippen LogP contribution >= 0.6 is 0 Å². The molecular weight excluding hydrogens is 388 g/mol. The summed E-state index contributed by atoms with van der Waals surface area (Å²) in [6.45, 7) is 3.14. The quantitative estimate of drug-likeness (QED) is 0.460. The molecule has 4 N–H and O–H groups in total. The van der Waals surface area contributed by atoms with E-state index in [9.17, 15) is 9.59 Å². The molecule has 4 aromatic rings. The maximum absolute atomic E-state index is 11.9. The van der Waals surface area contributed by atoms with Crippen molar-refractivity contribution in [2.24, 2.45) is 5.73 Å². The van der Waals surface area contributed by atoms with E-state index in [1.807, 2.05) is 0 Å². The molecule has 0 fully saturated rings. The number of hydrogen-bond acceptors (Lipinski definition) is 6. The highest BCUT2D eigenvalue weighted by molar-refractivity contribution is 5.97. The third kappa shape index (κ3) is 3.92. The van der Waals surface area contributed by atoms with Gasteiger partial charge in [0.15, 0.2) is 5.82 Å². The number of benzene rings is 2. The number of fused-ring (bicyclic) bond motifs is 1. The minimum Gasteiger partial charge on any atom is -0.457 e. The number of H-pyrrole nitrogens is 1. The number of ether oxygens (including phenoxy) is 1. The van der Waals surface area contributed by atoms with E-state index in [-0.39, 0.29) is 5.91 Å². The molecule has 0 saturated carbocycles. The second kappa shape index (κ2) is 7.59. The van der Waals surface area contributed by atoms with Crippen LogP contribution in [0.15, 0.2) is 53.1 Å². The summed E-state index contributed by atoms with van der Waals surface area (Å²) in [5.74, 6) is 2.15. The van der Waals surface area contributed by atoms with Gasteiger partial charge in [0.05, 0.1) is 16.7 Å². The van der Waals surface area contributed by atoms with Crippen molar-refractivity contribution in [3.8, 4) is 11.5 Å². The minimum atomic E-state index is -0.684. The summed E-state index contributed by atoms with van der Waals surface area (Å²) < 4.78 is 10.9. The highest BCUT2D eigenvalue weighted by Crippen LogP contribution is 2.30. The second-order valence-electron chi connectivity index (χ2n) is 6.51. The molecule has 4 rings (SSSR count). The Morgan fingerprint density at radius 3 is 2.50 bits per heavy atom. The maximum atomic E-state index is 11.9. The van der Waals surface area contributed by atoms with Gasteiger partial charge in [-0.25, -0.2) is 14.7 Å². The lowest BCUT2D eigenvalue weighted by atomic mass is 10.2. The predicted octanol–water partition coefficient (Wildman–Crippen LogP) is 3.83. The van der Waals surface area contributed by atoms with Gasteiger partial charge < -0.3 is 20.0 Å². The molecule has 10 nitrogen and oxygen atoms in total. The lowest BCUT2D eigenvalue weighted by Crippen LogP contribution is -2.31. The number of nitrogens with zero attached hydrogens (tertiary/aromatic N) is 3. The van der Waals surface area contributed by atoms with Crippen molar-refractivity contribution in [3.05, 3.63) is 54.3 Å². The number of aromatic amines is 1. The Bertz CT molecular complexity index is 1230. The number of primary amides is 1. The summed E-state index contributed by atoms with van der Waals surface area (Å²) in [5, 5.41) is 6.44. The Kier molecular flexibility index (Phi) is 4.80. The van der Waals surface area contributed by atoms with E-state index in [1.165, 1.54) is 11.8 Å². The number of nitrogens with two attached hydrogens (primary N) is 1. The van der Waals surface area contributed by atoms with E-state index in [4.69, 9.17) is 15.0 Å². The Hall–Kier alpha value is -4.34. The van der Waals surface area contributed by atoms with Gasteiger partial charge in [0.2, 0.25) is 11.9 Å². The molecule has 0 saturated heterocycles. The first kappa shape index (κ1) is 19.0. The van der Waals surface area contributed by atoms with Crippen LogP contribution in [0.25, 0.3) is 11.0 Å². The number of amides is 3. The van der Waals surface area contributed by atoms with Crippen LogP contribution in [-0.4, -0.2) is 27.1 Å². The molecule has 2 aromatic heterocycles. The average Bonchev–Trinajstić information content (AvgIpc) is 3.27. The first-order chi connectivity index (χ1) is 14.4. The molecule has 152 valence electrons. The van der Waals surface area contributed by atoms with Gasteiger partial charge in [-0.05, 0) is 43.3 Å². The first-order valence-electron chi connectivity index (χ1n) is 8.97. The van der Waals surface area contributed by atoms with Crippen molar-refractivity contribution >= 4 is 40.4 Å². The van der Waals surface area contributed by atoms with E-state index >= 15 is 0 Å². The molecule has 10 heteroatoms. The molecule has 2 aromatic carbocycles. The molecular formula is C20H18N6O4. The largest absolute Gasteiger partial charge is 0.457 e. The zero-order valence-corrected chi connectivity index (χ0v) is 16.2. The molecule has 0 radical (unpaired) electrons. The second-order valence-corrected chi connectivity index (χ2v) is 6.51. The van der Waals surface area contributed by atoms with Crippen LogP contribution in [0.1, 0.15) is 12.7 Å². The topological polar surface area (TPSA) is 139 Å². The predicted molar refractivity (Wildman–Crippen MR) is 110 cm³/mol. The number of nitrogens with one attached hydrogen (secondary N) is 2. The molecule has 0 unspecified atom stereocenters. The van der Waals surface area contributed by atoms with Crippen LogP contribution in [0.4, 0.5) is 22.2 Å². The number of aryl methyl sites for hydroxylation is 1. The third-order valence-corrected chi connectivity index (χ3v) is 4.14. The fourth-order valence-corrected chi connectivity index (χ4v) is 2.91. The molecule has 3 amide bonds. The number of imidazole rings is 1. The highest BCUT2D eigenvalue weighted by atomic mass is 16.5. The maximum Gasteiger partial charge on any atom is 0.325 e. The van der Waals surface area contributed by atoms with Gasteiger partial charge in [0.1, 0.15) is 17.3 Å². The van der Waals surface area contributed by atoms with E-state index in [2.05, 4.69) is 20.4 Å². The molecule has 0 aliphatic rings. The standard InChI is InChI=1S/C20H18N6O4/c1-11-9-18(25-30-11)26(19(21)28)13-3-5-14(6-4-13)29-15-7-8-16-17(10-15)24-20(23-16)22-12(2)27/h3-10H,1-2H3,(H2,21,28)(H2,22,23,24,27). The van der Waals surface area contributed by atoms with Crippen molar-refractivity contribution in [1.29, 1.82) is 0 Å². The summed E-state index contributed by atoms with van der Waals surface area (Å²) in [7, 11) is 0. The van der Waals surface area contributed by atoms with Crippen LogP contribution in [0.3, 0.4) is 0 Å². The van der Waals surface area contributed by atoms with Crippen LogP contribution < -0.4 is 20.7 Å². The molecule has 0 aliphatic carbocycles. The normalized spacial score (nSPS) is 10.7. The first-order valence-corrected chi connectivity index (χ1v) is 8.97. The van der Waals surface area contributed by atoms with Gasteiger partial charge in [-0.3, -0.25) is 10.1 Å².